The monoisotopic (exact) mass is 464 g/mol. The lowest BCUT2D eigenvalue weighted by atomic mass is 9.95. The number of hydrogen-bond acceptors (Lipinski definition) is 2. The van der Waals surface area contributed by atoms with Crippen LogP contribution in [0.1, 0.15) is 50.2 Å². The van der Waals surface area contributed by atoms with Crippen LogP contribution in [-0.2, 0) is 22.6 Å². The van der Waals surface area contributed by atoms with E-state index in [-0.39, 0.29) is 36.4 Å². The molecule has 0 bridgehead atoms. The third-order valence-corrected chi connectivity index (χ3v) is 6.52. The Kier molecular flexibility index (Phi) is 8.33. The molecular weight excluding hydrogens is 438 g/mol. The number of nitrogens with one attached hydrogen (secondary N) is 1. The molecule has 0 heterocycles. The van der Waals surface area contributed by atoms with Crippen LogP contribution in [0.15, 0.2) is 42.5 Å². The van der Waals surface area contributed by atoms with E-state index in [9.17, 15) is 14.0 Å². The molecule has 1 aliphatic rings. The van der Waals surface area contributed by atoms with Gasteiger partial charge in [-0.15, -0.1) is 0 Å². The molecule has 1 N–H and O–H groups in total. The molecule has 1 atom stereocenters. The molecule has 0 unspecified atom stereocenters. The largest absolute Gasteiger partial charge is 0.352 e. The summed E-state index contributed by atoms with van der Waals surface area (Å²) in [5, 5.41) is 3.90. The molecule has 166 valence electrons. The fourth-order valence-electron chi connectivity index (χ4n) is 3.91. The first-order valence-electron chi connectivity index (χ1n) is 10.6. The quantitative estimate of drug-likeness (QED) is 0.584. The molecule has 2 aromatic carbocycles. The molecule has 1 fully saturated rings. The molecule has 7 heteroatoms. The first kappa shape index (κ1) is 23.6. The Balaban J connectivity index is 1.82. The molecule has 3 rings (SSSR count). The number of carbonyl (C=O) groups excluding carboxylic acids is 2. The lowest BCUT2D eigenvalue weighted by Gasteiger charge is -2.31. The van der Waals surface area contributed by atoms with Crippen LogP contribution in [0.5, 0.6) is 0 Å². The van der Waals surface area contributed by atoms with E-state index in [1.807, 2.05) is 0 Å². The number of carbonyl (C=O) groups is 2. The van der Waals surface area contributed by atoms with Crippen molar-refractivity contribution in [3.63, 3.8) is 0 Å². The normalized spacial score (nSPS) is 15.4. The second kappa shape index (κ2) is 11.0. The summed E-state index contributed by atoms with van der Waals surface area (Å²) in [7, 11) is 0. The summed E-state index contributed by atoms with van der Waals surface area (Å²) in [4.78, 5) is 27.6. The summed E-state index contributed by atoms with van der Waals surface area (Å²) >= 11 is 12.6. The van der Waals surface area contributed by atoms with Gasteiger partial charge in [-0.3, -0.25) is 9.59 Å². The number of nitrogens with zero attached hydrogens (tertiary/aromatic N) is 1. The number of amides is 2. The van der Waals surface area contributed by atoms with Crippen molar-refractivity contribution in [3.8, 4) is 0 Å². The van der Waals surface area contributed by atoms with E-state index in [0.717, 1.165) is 25.7 Å². The summed E-state index contributed by atoms with van der Waals surface area (Å²) in [5.41, 5.74) is 0.840. The van der Waals surface area contributed by atoms with Gasteiger partial charge in [-0.25, -0.2) is 4.39 Å². The first-order valence-corrected chi connectivity index (χ1v) is 11.4. The Morgan fingerprint density at radius 3 is 2.35 bits per heavy atom. The summed E-state index contributed by atoms with van der Waals surface area (Å²) in [6.07, 6.45) is 5.08. The Hall–Kier alpha value is -2.11. The van der Waals surface area contributed by atoms with E-state index in [2.05, 4.69) is 5.32 Å². The van der Waals surface area contributed by atoms with Crippen LogP contribution in [0.3, 0.4) is 0 Å². The van der Waals surface area contributed by atoms with Crippen molar-refractivity contribution in [2.75, 3.05) is 0 Å². The molecule has 2 aromatic rings. The predicted molar refractivity (Wildman–Crippen MR) is 122 cm³/mol. The molecular formula is C24H27Cl2FN2O2. The van der Waals surface area contributed by atoms with Gasteiger partial charge >= 0.3 is 0 Å². The fraction of sp³-hybridized carbons (Fsp3) is 0.417. The lowest BCUT2D eigenvalue weighted by Crippen LogP contribution is -2.50. The van der Waals surface area contributed by atoms with Gasteiger partial charge in [0.2, 0.25) is 11.8 Å². The Morgan fingerprint density at radius 1 is 1.06 bits per heavy atom. The van der Waals surface area contributed by atoms with Gasteiger partial charge < -0.3 is 10.2 Å². The van der Waals surface area contributed by atoms with Gasteiger partial charge in [-0.05, 0) is 43.5 Å². The van der Waals surface area contributed by atoms with Crippen LogP contribution in [0.4, 0.5) is 4.39 Å². The number of rotatable bonds is 7. The van der Waals surface area contributed by atoms with Crippen molar-refractivity contribution in [1.29, 1.82) is 0 Å². The SMILES string of the molecule is C[C@H](C(=O)NC1CCCCC1)N(Cc1c(Cl)cccc1Cl)C(=O)Cc1ccccc1F. The maximum atomic E-state index is 14.1. The molecule has 0 radical (unpaired) electrons. The Morgan fingerprint density at radius 2 is 1.71 bits per heavy atom. The van der Waals surface area contributed by atoms with E-state index in [0.29, 0.717) is 15.6 Å². The molecule has 0 saturated heterocycles. The van der Waals surface area contributed by atoms with Crippen molar-refractivity contribution < 1.29 is 14.0 Å². The minimum Gasteiger partial charge on any atom is -0.352 e. The lowest BCUT2D eigenvalue weighted by molar-refractivity contribution is -0.140. The van der Waals surface area contributed by atoms with Crippen molar-refractivity contribution in [3.05, 3.63) is 69.5 Å². The van der Waals surface area contributed by atoms with Crippen LogP contribution in [-0.4, -0.2) is 28.8 Å². The highest BCUT2D eigenvalue weighted by molar-refractivity contribution is 6.36. The van der Waals surface area contributed by atoms with Crippen molar-refractivity contribution in [2.45, 2.75) is 64.1 Å². The average Bonchev–Trinajstić information content (AvgIpc) is 2.75. The molecule has 31 heavy (non-hydrogen) atoms. The molecule has 0 spiro atoms. The van der Waals surface area contributed by atoms with Crippen LogP contribution in [0, 0.1) is 5.82 Å². The van der Waals surface area contributed by atoms with E-state index in [1.165, 1.54) is 17.4 Å². The minimum atomic E-state index is -0.756. The first-order chi connectivity index (χ1) is 14.9. The van der Waals surface area contributed by atoms with Crippen molar-refractivity contribution in [1.82, 2.24) is 10.2 Å². The third-order valence-electron chi connectivity index (χ3n) is 5.81. The third kappa shape index (κ3) is 6.20. The summed E-state index contributed by atoms with van der Waals surface area (Å²) < 4.78 is 14.1. The van der Waals surface area contributed by atoms with Crippen LogP contribution < -0.4 is 5.32 Å². The van der Waals surface area contributed by atoms with Gasteiger partial charge in [0, 0.05) is 28.2 Å². The van der Waals surface area contributed by atoms with Crippen LogP contribution in [0.25, 0.3) is 0 Å². The summed E-state index contributed by atoms with van der Waals surface area (Å²) in [6, 6.07) is 10.6. The molecule has 2 amide bonds. The smallest absolute Gasteiger partial charge is 0.242 e. The zero-order valence-electron chi connectivity index (χ0n) is 17.5. The van der Waals surface area contributed by atoms with Gasteiger partial charge in [-0.1, -0.05) is 66.7 Å². The Bertz CT molecular complexity index is 911. The molecule has 1 aliphatic carbocycles. The fourth-order valence-corrected chi connectivity index (χ4v) is 4.43. The highest BCUT2D eigenvalue weighted by atomic mass is 35.5. The predicted octanol–water partition coefficient (Wildman–Crippen LogP) is 5.54. The zero-order valence-corrected chi connectivity index (χ0v) is 19.1. The van der Waals surface area contributed by atoms with E-state index < -0.39 is 11.9 Å². The minimum absolute atomic E-state index is 0.0606. The van der Waals surface area contributed by atoms with Gasteiger partial charge in [0.15, 0.2) is 0 Å². The van der Waals surface area contributed by atoms with Crippen molar-refractivity contribution in [2.24, 2.45) is 0 Å². The molecule has 1 saturated carbocycles. The Labute approximate surface area is 192 Å². The van der Waals surface area contributed by atoms with Crippen LogP contribution in [0.2, 0.25) is 10.0 Å². The standard InChI is InChI=1S/C24H27Cl2FN2O2/c1-16(24(31)28-18-9-3-2-4-10-18)29(15-19-20(25)11-7-12-21(19)26)23(30)14-17-8-5-6-13-22(17)27/h5-8,11-13,16,18H,2-4,9-10,14-15H2,1H3,(H,28,31)/t16-/m1/s1. The summed E-state index contributed by atoms with van der Waals surface area (Å²) in [6.45, 7) is 1.74. The highest BCUT2D eigenvalue weighted by Crippen LogP contribution is 2.27. The number of halogens is 3. The second-order valence-corrected chi connectivity index (χ2v) is 8.82. The van der Waals surface area contributed by atoms with E-state index in [4.69, 9.17) is 23.2 Å². The number of hydrogen-bond donors (Lipinski definition) is 1. The van der Waals surface area contributed by atoms with Gasteiger partial charge in [0.1, 0.15) is 11.9 Å². The van der Waals surface area contributed by atoms with Gasteiger partial charge in [0.05, 0.1) is 6.42 Å². The average molecular weight is 465 g/mol. The molecule has 4 nitrogen and oxygen atoms in total. The van der Waals surface area contributed by atoms with Crippen LogP contribution >= 0.6 is 23.2 Å². The zero-order chi connectivity index (χ0) is 22.4. The topological polar surface area (TPSA) is 49.4 Å². The van der Waals surface area contributed by atoms with E-state index >= 15 is 0 Å². The van der Waals surface area contributed by atoms with E-state index in [1.54, 1.807) is 43.3 Å². The van der Waals surface area contributed by atoms with Gasteiger partial charge in [0.25, 0.3) is 0 Å². The number of benzene rings is 2. The molecule has 0 aliphatic heterocycles. The summed E-state index contributed by atoms with van der Waals surface area (Å²) in [5.74, 6) is -1.05. The second-order valence-electron chi connectivity index (χ2n) is 8.01. The van der Waals surface area contributed by atoms with Crippen molar-refractivity contribution >= 4 is 35.0 Å². The highest BCUT2D eigenvalue weighted by Gasteiger charge is 2.29. The maximum Gasteiger partial charge on any atom is 0.242 e. The molecule has 0 aromatic heterocycles. The maximum absolute atomic E-state index is 14.1. The van der Waals surface area contributed by atoms with Gasteiger partial charge in [-0.2, -0.15) is 0 Å².